The first-order valence-electron chi connectivity index (χ1n) is 6.55. The first-order valence-corrected chi connectivity index (χ1v) is 6.55. The molecule has 4 heteroatoms. The Hall–Kier alpha value is -0.870. The molecule has 1 rings (SSSR count). The minimum atomic E-state index is 0.0963. The molecule has 0 saturated carbocycles. The highest BCUT2D eigenvalue weighted by molar-refractivity contribution is 5.10. The van der Waals surface area contributed by atoms with Crippen LogP contribution in [0.3, 0.4) is 0 Å². The summed E-state index contributed by atoms with van der Waals surface area (Å²) < 4.78 is 7.42. The summed E-state index contributed by atoms with van der Waals surface area (Å²) in [6.45, 7) is 15.0. The molecule has 104 valence electrons. The second kappa shape index (κ2) is 5.85. The molecule has 0 aliphatic rings. The first-order chi connectivity index (χ1) is 8.18. The second-order valence-electron chi connectivity index (χ2n) is 6.70. The monoisotopic (exact) mass is 253 g/mol. The van der Waals surface area contributed by atoms with Gasteiger partial charge in [0.2, 0.25) is 0 Å². The number of nitrogens with one attached hydrogen (secondary N) is 1. The Bertz CT molecular complexity index is 358. The lowest BCUT2D eigenvalue weighted by Gasteiger charge is -2.20. The molecule has 0 atom stereocenters. The van der Waals surface area contributed by atoms with Crippen LogP contribution in [-0.2, 0) is 16.9 Å². The van der Waals surface area contributed by atoms with Crippen LogP contribution >= 0.6 is 0 Å². The van der Waals surface area contributed by atoms with Crippen LogP contribution in [-0.4, -0.2) is 28.5 Å². The highest BCUT2D eigenvalue weighted by Crippen LogP contribution is 2.19. The zero-order valence-electron chi connectivity index (χ0n) is 12.6. The van der Waals surface area contributed by atoms with Crippen LogP contribution in [0.5, 0.6) is 0 Å². The van der Waals surface area contributed by atoms with Crippen LogP contribution in [0.25, 0.3) is 0 Å². The standard InChI is InChI=1S/C14H27N3O/c1-13(2,3)12-7-9-17(16-12)11-18-10-8-15-14(4,5)6/h7,9,15H,8,10-11H2,1-6H3. The van der Waals surface area contributed by atoms with Crippen molar-refractivity contribution in [1.82, 2.24) is 15.1 Å². The molecule has 0 bridgehead atoms. The van der Waals surface area contributed by atoms with E-state index in [-0.39, 0.29) is 11.0 Å². The van der Waals surface area contributed by atoms with Crippen molar-refractivity contribution in [3.05, 3.63) is 18.0 Å². The summed E-state index contributed by atoms with van der Waals surface area (Å²) in [5.74, 6) is 0. The highest BCUT2D eigenvalue weighted by atomic mass is 16.5. The Balaban J connectivity index is 2.26. The fourth-order valence-electron chi connectivity index (χ4n) is 1.49. The molecule has 0 radical (unpaired) electrons. The molecule has 0 aliphatic carbocycles. The molecule has 0 fully saturated rings. The summed E-state index contributed by atoms with van der Waals surface area (Å²) in [5, 5.41) is 7.88. The molecular formula is C14H27N3O. The van der Waals surface area contributed by atoms with E-state index >= 15 is 0 Å². The molecule has 0 aromatic carbocycles. The smallest absolute Gasteiger partial charge is 0.139 e. The normalized spacial score (nSPS) is 13.0. The molecule has 4 nitrogen and oxygen atoms in total. The quantitative estimate of drug-likeness (QED) is 0.820. The van der Waals surface area contributed by atoms with Gasteiger partial charge in [-0.25, -0.2) is 4.68 Å². The van der Waals surface area contributed by atoms with Crippen LogP contribution in [0.4, 0.5) is 0 Å². The predicted octanol–water partition coefficient (Wildman–Crippen LogP) is 2.54. The number of hydrogen-bond acceptors (Lipinski definition) is 3. The predicted molar refractivity (Wildman–Crippen MR) is 74.6 cm³/mol. The summed E-state index contributed by atoms with van der Waals surface area (Å²) in [5.41, 5.74) is 1.34. The van der Waals surface area contributed by atoms with Gasteiger partial charge in [0.1, 0.15) is 6.73 Å². The molecule has 0 spiro atoms. The Labute approximate surface area is 111 Å². The zero-order chi connectivity index (χ0) is 13.8. The average Bonchev–Trinajstić information content (AvgIpc) is 2.63. The van der Waals surface area contributed by atoms with Gasteiger partial charge < -0.3 is 10.1 Å². The fraction of sp³-hybridized carbons (Fsp3) is 0.786. The third-order valence-corrected chi connectivity index (χ3v) is 2.53. The van der Waals surface area contributed by atoms with Crippen molar-refractivity contribution in [2.24, 2.45) is 0 Å². The Morgan fingerprint density at radius 1 is 1.22 bits per heavy atom. The minimum absolute atomic E-state index is 0.0963. The van der Waals surface area contributed by atoms with E-state index < -0.39 is 0 Å². The van der Waals surface area contributed by atoms with Crippen LogP contribution in [0.1, 0.15) is 47.2 Å². The van der Waals surface area contributed by atoms with Gasteiger partial charge >= 0.3 is 0 Å². The molecule has 18 heavy (non-hydrogen) atoms. The first kappa shape index (κ1) is 15.2. The van der Waals surface area contributed by atoms with Gasteiger partial charge in [-0.1, -0.05) is 20.8 Å². The van der Waals surface area contributed by atoms with Gasteiger partial charge in [0, 0.05) is 23.7 Å². The van der Waals surface area contributed by atoms with E-state index in [1.54, 1.807) is 0 Å². The van der Waals surface area contributed by atoms with Crippen molar-refractivity contribution >= 4 is 0 Å². The van der Waals surface area contributed by atoms with Crippen molar-refractivity contribution in [2.75, 3.05) is 13.2 Å². The van der Waals surface area contributed by atoms with Crippen molar-refractivity contribution < 1.29 is 4.74 Å². The van der Waals surface area contributed by atoms with Crippen molar-refractivity contribution in [3.63, 3.8) is 0 Å². The number of ether oxygens (including phenoxy) is 1. The number of aromatic nitrogens is 2. The van der Waals surface area contributed by atoms with Gasteiger partial charge in [-0.3, -0.25) is 0 Å². The van der Waals surface area contributed by atoms with Crippen LogP contribution < -0.4 is 5.32 Å². The summed E-state index contributed by atoms with van der Waals surface area (Å²) in [7, 11) is 0. The summed E-state index contributed by atoms with van der Waals surface area (Å²) in [6.07, 6.45) is 1.97. The number of nitrogens with zero attached hydrogens (tertiary/aromatic N) is 2. The highest BCUT2D eigenvalue weighted by Gasteiger charge is 2.16. The molecule has 1 N–H and O–H groups in total. The molecule has 1 heterocycles. The summed E-state index contributed by atoms with van der Waals surface area (Å²) >= 11 is 0. The van der Waals surface area contributed by atoms with Crippen molar-refractivity contribution in [3.8, 4) is 0 Å². The zero-order valence-corrected chi connectivity index (χ0v) is 12.6. The maximum atomic E-state index is 5.58. The topological polar surface area (TPSA) is 39.1 Å². The third kappa shape index (κ3) is 5.65. The molecule has 0 aliphatic heterocycles. The SMILES string of the molecule is CC(C)(C)NCCOCn1ccc(C(C)(C)C)n1. The second-order valence-corrected chi connectivity index (χ2v) is 6.70. The van der Waals surface area contributed by atoms with Crippen molar-refractivity contribution in [2.45, 2.75) is 59.2 Å². The van der Waals surface area contributed by atoms with Crippen LogP contribution in [0, 0.1) is 0 Å². The van der Waals surface area contributed by atoms with E-state index in [2.05, 4.69) is 58.0 Å². The van der Waals surface area contributed by atoms with E-state index in [9.17, 15) is 0 Å². The third-order valence-electron chi connectivity index (χ3n) is 2.53. The molecule has 0 saturated heterocycles. The lowest BCUT2D eigenvalue weighted by atomic mass is 9.93. The minimum Gasteiger partial charge on any atom is -0.358 e. The van der Waals surface area contributed by atoms with E-state index in [0.29, 0.717) is 13.3 Å². The van der Waals surface area contributed by atoms with Gasteiger partial charge in [-0.15, -0.1) is 0 Å². The van der Waals surface area contributed by atoms with Gasteiger partial charge in [0.05, 0.1) is 12.3 Å². The Morgan fingerprint density at radius 2 is 1.89 bits per heavy atom. The molecular weight excluding hydrogens is 226 g/mol. The lowest BCUT2D eigenvalue weighted by molar-refractivity contribution is 0.0673. The largest absolute Gasteiger partial charge is 0.358 e. The summed E-state index contributed by atoms with van der Waals surface area (Å²) in [4.78, 5) is 0. The van der Waals surface area contributed by atoms with E-state index in [4.69, 9.17) is 4.74 Å². The van der Waals surface area contributed by atoms with E-state index in [1.807, 2.05) is 10.9 Å². The number of rotatable bonds is 5. The maximum Gasteiger partial charge on any atom is 0.139 e. The van der Waals surface area contributed by atoms with Crippen LogP contribution in [0.2, 0.25) is 0 Å². The van der Waals surface area contributed by atoms with E-state index in [1.165, 1.54) is 0 Å². The lowest BCUT2D eigenvalue weighted by Crippen LogP contribution is -2.38. The fourth-order valence-corrected chi connectivity index (χ4v) is 1.49. The molecule has 1 aromatic rings. The Kier molecular flexibility index (Phi) is 4.93. The molecule has 0 unspecified atom stereocenters. The Morgan fingerprint density at radius 3 is 2.39 bits per heavy atom. The van der Waals surface area contributed by atoms with E-state index in [0.717, 1.165) is 12.2 Å². The molecule has 1 aromatic heterocycles. The maximum absolute atomic E-state index is 5.58. The van der Waals surface area contributed by atoms with Gasteiger partial charge in [-0.2, -0.15) is 5.10 Å². The van der Waals surface area contributed by atoms with Crippen molar-refractivity contribution in [1.29, 1.82) is 0 Å². The number of hydrogen-bond donors (Lipinski definition) is 1. The van der Waals surface area contributed by atoms with Gasteiger partial charge in [0.25, 0.3) is 0 Å². The average molecular weight is 253 g/mol. The van der Waals surface area contributed by atoms with Crippen LogP contribution in [0.15, 0.2) is 12.3 Å². The summed E-state index contributed by atoms with van der Waals surface area (Å²) in [6, 6.07) is 2.05. The van der Waals surface area contributed by atoms with Gasteiger partial charge in [0.15, 0.2) is 0 Å². The van der Waals surface area contributed by atoms with Gasteiger partial charge in [-0.05, 0) is 26.8 Å². The molecule has 0 amide bonds.